The third kappa shape index (κ3) is 5.28. The lowest BCUT2D eigenvalue weighted by Crippen LogP contribution is -2.45. The van der Waals surface area contributed by atoms with Gasteiger partial charge in [0, 0.05) is 18.6 Å². The second-order valence-electron chi connectivity index (χ2n) is 5.53. The number of unbranched alkanes of at least 4 members (excludes halogenated alkanes) is 1. The molecule has 2 atom stereocenters. The zero-order valence-electron chi connectivity index (χ0n) is 11.3. The number of rotatable bonds is 6. The molecule has 96 valence electrons. The third-order valence-corrected chi connectivity index (χ3v) is 3.59. The highest BCUT2D eigenvalue weighted by Crippen LogP contribution is 2.14. The molecular weight excluding hydrogens is 198 g/mol. The van der Waals surface area contributed by atoms with E-state index >= 15 is 0 Å². The van der Waals surface area contributed by atoms with Crippen molar-refractivity contribution in [3.63, 3.8) is 0 Å². The van der Waals surface area contributed by atoms with E-state index in [4.69, 9.17) is 5.73 Å². The van der Waals surface area contributed by atoms with E-state index in [1.54, 1.807) is 0 Å². The Balaban J connectivity index is 2.12. The summed E-state index contributed by atoms with van der Waals surface area (Å²) < 4.78 is 0. The molecule has 1 aliphatic heterocycles. The average molecular weight is 227 g/mol. The molecule has 16 heavy (non-hydrogen) atoms. The van der Waals surface area contributed by atoms with Gasteiger partial charge in [-0.15, -0.1) is 0 Å². The van der Waals surface area contributed by atoms with Gasteiger partial charge in [0.1, 0.15) is 0 Å². The minimum absolute atomic E-state index is 0.371. The van der Waals surface area contributed by atoms with E-state index in [1.165, 1.54) is 51.7 Å². The number of nitrogens with zero attached hydrogens (tertiary/aromatic N) is 2. The van der Waals surface area contributed by atoms with Crippen LogP contribution >= 0.6 is 0 Å². The van der Waals surface area contributed by atoms with Gasteiger partial charge in [-0.3, -0.25) is 0 Å². The molecule has 0 radical (unpaired) electrons. The number of hydrogen-bond acceptors (Lipinski definition) is 3. The van der Waals surface area contributed by atoms with E-state index in [0.717, 1.165) is 6.04 Å². The van der Waals surface area contributed by atoms with Gasteiger partial charge < -0.3 is 15.5 Å². The lowest BCUT2D eigenvalue weighted by atomic mass is 10.0. The molecule has 0 saturated carbocycles. The van der Waals surface area contributed by atoms with Gasteiger partial charge in [0.15, 0.2) is 0 Å². The Morgan fingerprint density at radius 1 is 1.38 bits per heavy atom. The van der Waals surface area contributed by atoms with Crippen molar-refractivity contribution in [3.8, 4) is 0 Å². The number of likely N-dealkylation sites (tertiary alicyclic amines) is 1. The fourth-order valence-corrected chi connectivity index (χ4v) is 2.46. The number of likely N-dealkylation sites (N-methyl/N-ethyl adjacent to an activating group) is 1. The predicted molar refractivity (Wildman–Crippen MR) is 70.6 cm³/mol. The average Bonchev–Trinajstić information content (AvgIpc) is 2.24. The van der Waals surface area contributed by atoms with Crippen LogP contribution in [0, 0.1) is 0 Å². The SMILES string of the molecule is CC(N)CCCCN1CCCC(N(C)C)C1. The molecule has 1 saturated heterocycles. The first-order chi connectivity index (χ1) is 7.59. The molecule has 0 amide bonds. The first kappa shape index (κ1) is 13.9. The van der Waals surface area contributed by atoms with E-state index in [0.29, 0.717) is 6.04 Å². The molecule has 2 N–H and O–H groups in total. The van der Waals surface area contributed by atoms with Crippen molar-refractivity contribution < 1.29 is 0 Å². The van der Waals surface area contributed by atoms with Crippen LogP contribution in [0.1, 0.15) is 39.0 Å². The second-order valence-corrected chi connectivity index (χ2v) is 5.53. The van der Waals surface area contributed by atoms with Crippen LogP contribution in [0.2, 0.25) is 0 Å². The van der Waals surface area contributed by atoms with Crippen LogP contribution in [0.3, 0.4) is 0 Å². The van der Waals surface area contributed by atoms with Gasteiger partial charge in [0.25, 0.3) is 0 Å². The Kier molecular flexibility index (Phi) is 6.32. The Labute approximate surface area is 101 Å². The van der Waals surface area contributed by atoms with Crippen molar-refractivity contribution in [2.24, 2.45) is 5.73 Å². The standard InChI is InChI=1S/C13H29N3/c1-12(14)7-4-5-9-16-10-6-8-13(11-16)15(2)3/h12-13H,4-11,14H2,1-3H3. The molecule has 3 nitrogen and oxygen atoms in total. The van der Waals surface area contributed by atoms with Gasteiger partial charge in [-0.1, -0.05) is 6.42 Å². The van der Waals surface area contributed by atoms with Crippen molar-refractivity contribution in [1.82, 2.24) is 9.80 Å². The first-order valence-electron chi connectivity index (χ1n) is 6.74. The van der Waals surface area contributed by atoms with Crippen molar-refractivity contribution >= 4 is 0 Å². The molecule has 3 heteroatoms. The lowest BCUT2D eigenvalue weighted by molar-refractivity contribution is 0.131. The van der Waals surface area contributed by atoms with Crippen LogP contribution in [0.15, 0.2) is 0 Å². The van der Waals surface area contributed by atoms with Crippen LogP contribution in [0.25, 0.3) is 0 Å². The van der Waals surface area contributed by atoms with Crippen molar-refractivity contribution in [1.29, 1.82) is 0 Å². The molecule has 1 heterocycles. The van der Waals surface area contributed by atoms with Gasteiger partial charge in [-0.2, -0.15) is 0 Å². The summed E-state index contributed by atoms with van der Waals surface area (Å²) >= 11 is 0. The van der Waals surface area contributed by atoms with Crippen LogP contribution in [-0.2, 0) is 0 Å². The van der Waals surface area contributed by atoms with Gasteiger partial charge >= 0.3 is 0 Å². The minimum atomic E-state index is 0.371. The topological polar surface area (TPSA) is 32.5 Å². The maximum Gasteiger partial charge on any atom is 0.0217 e. The lowest BCUT2D eigenvalue weighted by Gasteiger charge is -2.36. The van der Waals surface area contributed by atoms with Crippen LogP contribution in [-0.4, -0.2) is 55.6 Å². The summed E-state index contributed by atoms with van der Waals surface area (Å²) in [5.41, 5.74) is 5.75. The van der Waals surface area contributed by atoms with E-state index in [9.17, 15) is 0 Å². The maximum absolute atomic E-state index is 5.75. The summed E-state index contributed by atoms with van der Waals surface area (Å²) in [5, 5.41) is 0. The smallest absolute Gasteiger partial charge is 0.0217 e. The fraction of sp³-hybridized carbons (Fsp3) is 1.00. The minimum Gasteiger partial charge on any atom is -0.328 e. The Bertz CT molecular complexity index is 180. The van der Waals surface area contributed by atoms with Crippen molar-refractivity contribution in [3.05, 3.63) is 0 Å². The first-order valence-corrected chi connectivity index (χ1v) is 6.74. The highest BCUT2D eigenvalue weighted by atomic mass is 15.2. The molecule has 1 aliphatic rings. The van der Waals surface area contributed by atoms with Crippen LogP contribution in [0.4, 0.5) is 0 Å². The van der Waals surface area contributed by atoms with E-state index < -0.39 is 0 Å². The summed E-state index contributed by atoms with van der Waals surface area (Å²) in [4.78, 5) is 4.99. The normalized spacial score (nSPS) is 24.9. The number of nitrogens with two attached hydrogens (primary N) is 1. The van der Waals surface area contributed by atoms with E-state index in [-0.39, 0.29) is 0 Å². The maximum atomic E-state index is 5.75. The molecule has 1 rings (SSSR count). The fourth-order valence-electron chi connectivity index (χ4n) is 2.46. The molecule has 0 spiro atoms. The molecule has 0 aromatic heterocycles. The molecule has 0 bridgehead atoms. The zero-order valence-corrected chi connectivity index (χ0v) is 11.3. The van der Waals surface area contributed by atoms with Gasteiger partial charge in [-0.05, 0) is 59.8 Å². The predicted octanol–water partition coefficient (Wildman–Crippen LogP) is 1.53. The summed E-state index contributed by atoms with van der Waals surface area (Å²) in [7, 11) is 4.40. The highest BCUT2D eigenvalue weighted by molar-refractivity contribution is 4.77. The summed E-state index contributed by atoms with van der Waals surface area (Å²) in [5.74, 6) is 0. The molecular formula is C13H29N3. The Morgan fingerprint density at radius 2 is 2.12 bits per heavy atom. The second kappa shape index (κ2) is 7.25. The monoisotopic (exact) mass is 227 g/mol. The molecule has 0 aliphatic carbocycles. The highest BCUT2D eigenvalue weighted by Gasteiger charge is 2.20. The summed E-state index contributed by atoms with van der Waals surface area (Å²) in [6.45, 7) is 5.91. The molecule has 0 aromatic rings. The number of piperidine rings is 1. The molecule has 1 fully saturated rings. The van der Waals surface area contributed by atoms with E-state index in [2.05, 4.69) is 30.8 Å². The van der Waals surface area contributed by atoms with Gasteiger partial charge in [-0.25, -0.2) is 0 Å². The van der Waals surface area contributed by atoms with Crippen molar-refractivity contribution in [2.45, 2.75) is 51.1 Å². The Morgan fingerprint density at radius 3 is 2.75 bits per heavy atom. The zero-order chi connectivity index (χ0) is 12.0. The van der Waals surface area contributed by atoms with Gasteiger partial charge in [0.2, 0.25) is 0 Å². The molecule has 2 unspecified atom stereocenters. The summed E-state index contributed by atoms with van der Waals surface area (Å²) in [6.07, 6.45) is 6.48. The van der Waals surface area contributed by atoms with Crippen LogP contribution in [0.5, 0.6) is 0 Å². The molecule has 0 aromatic carbocycles. The quantitative estimate of drug-likeness (QED) is 0.699. The third-order valence-electron chi connectivity index (χ3n) is 3.59. The van der Waals surface area contributed by atoms with Crippen molar-refractivity contribution in [2.75, 3.05) is 33.7 Å². The summed E-state index contributed by atoms with van der Waals surface area (Å²) in [6, 6.07) is 1.14. The Hall–Kier alpha value is -0.120. The number of hydrogen-bond donors (Lipinski definition) is 1. The van der Waals surface area contributed by atoms with Crippen LogP contribution < -0.4 is 5.73 Å². The van der Waals surface area contributed by atoms with E-state index in [1.807, 2.05) is 0 Å². The van der Waals surface area contributed by atoms with Gasteiger partial charge in [0.05, 0.1) is 0 Å². The largest absolute Gasteiger partial charge is 0.328 e.